The summed E-state index contributed by atoms with van der Waals surface area (Å²) in [6.45, 7) is 1.87. The van der Waals surface area contributed by atoms with Gasteiger partial charge in [0.2, 0.25) is 0 Å². The van der Waals surface area contributed by atoms with E-state index in [1.807, 2.05) is 19.1 Å². The third-order valence-corrected chi connectivity index (χ3v) is 2.83. The molecular formula is C13H11ClFN. The Morgan fingerprint density at radius 3 is 2.56 bits per heavy atom. The van der Waals surface area contributed by atoms with Crippen LogP contribution in [0.2, 0.25) is 5.02 Å². The van der Waals surface area contributed by atoms with Gasteiger partial charge < -0.3 is 5.73 Å². The molecule has 0 heterocycles. The molecule has 0 fully saturated rings. The first-order chi connectivity index (χ1) is 7.59. The molecule has 0 aliphatic carbocycles. The number of nitrogens with two attached hydrogens (primary N) is 1. The maximum Gasteiger partial charge on any atom is 0.132 e. The van der Waals surface area contributed by atoms with Crippen LogP contribution in [0.5, 0.6) is 0 Å². The molecule has 0 bridgehead atoms. The van der Waals surface area contributed by atoms with Crippen molar-refractivity contribution in [3.63, 3.8) is 0 Å². The average Bonchev–Trinajstić information content (AvgIpc) is 2.23. The fraction of sp³-hybridized carbons (Fsp3) is 0.0769. The number of hydrogen-bond acceptors (Lipinski definition) is 1. The summed E-state index contributed by atoms with van der Waals surface area (Å²) >= 11 is 5.71. The van der Waals surface area contributed by atoms with Crippen LogP contribution in [0.25, 0.3) is 11.1 Å². The Morgan fingerprint density at radius 1 is 1.12 bits per heavy atom. The van der Waals surface area contributed by atoms with E-state index in [0.717, 1.165) is 11.1 Å². The lowest BCUT2D eigenvalue weighted by Gasteiger charge is -2.09. The number of anilines is 1. The molecule has 0 saturated carbocycles. The maximum absolute atomic E-state index is 13.7. The van der Waals surface area contributed by atoms with Crippen LogP contribution in [-0.4, -0.2) is 0 Å². The number of rotatable bonds is 1. The molecule has 2 rings (SSSR count). The minimum Gasteiger partial charge on any atom is -0.398 e. The van der Waals surface area contributed by atoms with Crippen LogP contribution >= 0.6 is 11.6 Å². The third-order valence-electron chi connectivity index (χ3n) is 2.60. The fourth-order valence-electron chi connectivity index (χ4n) is 1.65. The molecule has 0 spiro atoms. The zero-order valence-electron chi connectivity index (χ0n) is 8.80. The van der Waals surface area contributed by atoms with Crippen molar-refractivity contribution in [1.29, 1.82) is 0 Å². The monoisotopic (exact) mass is 235 g/mol. The van der Waals surface area contributed by atoms with Gasteiger partial charge in [0, 0.05) is 16.3 Å². The van der Waals surface area contributed by atoms with Gasteiger partial charge in [0.1, 0.15) is 5.82 Å². The molecule has 2 N–H and O–H groups in total. The molecular weight excluding hydrogens is 225 g/mol. The molecule has 2 aromatic carbocycles. The Labute approximate surface area is 98.7 Å². The molecule has 0 radical (unpaired) electrons. The zero-order valence-corrected chi connectivity index (χ0v) is 9.55. The molecule has 82 valence electrons. The van der Waals surface area contributed by atoms with Gasteiger partial charge in [0.05, 0.1) is 0 Å². The van der Waals surface area contributed by atoms with Crippen LogP contribution in [0.1, 0.15) is 5.56 Å². The van der Waals surface area contributed by atoms with Gasteiger partial charge in [0.25, 0.3) is 0 Å². The molecule has 0 unspecified atom stereocenters. The van der Waals surface area contributed by atoms with Gasteiger partial charge >= 0.3 is 0 Å². The predicted octanol–water partition coefficient (Wildman–Crippen LogP) is 4.04. The lowest BCUT2D eigenvalue weighted by molar-refractivity contribution is 0.631. The molecule has 16 heavy (non-hydrogen) atoms. The number of benzene rings is 2. The van der Waals surface area contributed by atoms with Gasteiger partial charge in [-0.2, -0.15) is 0 Å². The number of hydrogen-bond donors (Lipinski definition) is 1. The molecule has 3 heteroatoms. The van der Waals surface area contributed by atoms with Crippen LogP contribution in [0.4, 0.5) is 10.1 Å². The minimum absolute atomic E-state index is 0.332. The minimum atomic E-state index is -0.332. The van der Waals surface area contributed by atoms with E-state index in [9.17, 15) is 4.39 Å². The molecule has 0 aliphatic rings. The van der Waals surface area contributed by atoms with Crippen molar-refractivity contribution in [3.05, 3.63) is 52.8 Å². The van der Waals surface area contributed by atoms with Gasteiger partial charge in [-0.05, 0) is 42.3 Å². The van der Waals surface area contributed by atoms with Crippen molar-refractivity contribution in [3.8, 4) is 11.1 Å². The highest BCUT2D eigenvalue weighted by Crippen LogP contribution is 2.30. The Balaban J connectivity index is 2.63. The summed E-state index contributed by atoms with van der Waals surface area (Å²) in [6.07, 6.45) is 0. The first-order valence-electron chi connectivity index (χ1n) is 4.90. The normalized spacial score (nSPS) is 10.4. The molecule has 0 amide bonds. The first kappa shape index (κ1) is 11.0. The van der Waals surface area contributed by atoms with E-state index in [1.54, 1.807) is 18.2 Å². The molecule has 0 saturated heterocycles. The summed E-state index contributed by atoms with van der Waals surface area (Å²) in [4.78, 5) is 0. The quantitative estimate of drug-likeness (QED) is 0.742. The summed E-state index contributed by atoms with van der Waals surface area (Å²) < 4.78 is 13.7. The van der Waals surface area contributed by atoms with E-state index in [-0.39, 0.29) is 5.82 Å². The Morgan fingerprint density at radius 2 is 1.88 bits per heavy atom. The van der Waals surface area contributed by atoms with Crippen molar-refractivity contribution < 1.29 is 4.39 Å². The van der Waals surface area contributed by atoms with Crippen molar-refractivity contribution in [2.24, 2.45) is 0 Å². The van der Waals surface area contributed by atoms with Crippen LogP contribution < -0.4 is 5.73 Å². The van der Waals surface area contributed by atoms with E-state index in [2.05, 4.69) is 0 Å². The van der Waals surface area contributed by atoms with E-state index in [0.29, 0.717) is 16.3 Å². The van der Waals surface area contributed by atoms with Crippen molar-refractivity contribution in [1.82, 2.24) is 0 Å². The van der Waals surface area contributed by atoms with Crippen molar-refractivity contribution in [2.45, 2.75) is 6.92 Å². The summed E-state index contributed by atoms with van der Waals surface area (Å²) in [5.41, 5.74) is 8.65. The highest BCUT2D eigenvalue weighted by atomic mass is 35.5. The van der Waals surface area contributed by atoms with E-state index < -0.39 is 0 Å². The fourth-order valence-corrected chi connectivity index (χ4v) is 1.81. The van der Waals surface area contributed by atoms with E-state index >= 15 is 0 Å². The second-order valence-corrected chi connectivity index (χ2v) is 4.08. The lowest BCUT2D eigenvalue weighted by Crippen LogP contribution is -1.93. The van der Waals surface area contributed by atoms with Gasteiger partial charge in [-0.25, -0.2) is 4.39 Å². The SMILES string of the molecule is Cc1c(N)cccc1-c1ccc(Cl)cc1F. The lowest BCUT2D eigenvalue weighted by atomic mass is 9.99. The van der Waals surface area contributed by atoms with Crippen LogP contribution in [0, 0.1) is 12.7 Å². The average molecular weight is 236 g/mol. The van der Waals surface area contributed by atoms with Crippen molar-refractivity contribution in [2.75, 3.05) is 5.73 Å². The van der Waals surface area contributed by atoms with Gasteiger partial charge in [-0.15, -0.1) is 0 Å². The first-order valence-corrected chi connectivity index (χ1v) is 5.28. The van der Waals surface area contributed by atoms with Gasteiger partial charge in [-0.3, -0.25) is 0 Å². The third kappa shape index (κ3) is 1.89. The summed E-state index contributed by atoms with van der Waals surface area (Å²) in [5, 5.41) is 0.391. The van der Waals surface area contributed by atoms with Gasteiger partial charge in [-0.1, -0.05) is 23.7 Å². The van der Waals surface area contributed by atoms with Gasteiger partial charge in [0.15, 0.2) is 0 Å². The van der Waals surface area contributed by atoms with Crippen molar-refractivity contribution >= 4 is 17.3 Å². The molecule has 1 nitrogen and oxygen atoms in total. The smallest absolute Gasteiger partial charge is 0.132 e. The molecule has 0 aromatic heterocycles. The largest absolute Gasteiger partial charge is 0.398 e. The number of nitrogen functional groups attached to an aromatic ring is 1. The Kier molecular flexibility index (Phi) is 2.84. The Bertz CT molecular complexity index is 537. The second-order valence-electron chi connectivity index (χ2n) is 3.64. The zero-order chi connectivity index (χ0) is 11.7. The summed E-state index contributed by atoms with van der Waals surface area (Å²) in [6, 6.07) is 10.1. The maximum atomic E-state index is 13.7. The number of halogens is 2. The molecule has 2 aromatic rings. The van der Waals surface area contributed by atoms with Crippen LogP contribution in [0.3, 0.4) is 0 Å². The highest BCUT2D eigenvalue weighted by molar-refractivity contribution is 6.30. The summed E-state index contributed by atoms with van der Waals surface area (Å²) in [5.74, 6) is -0.332. The highest BCUT2D eigenvalue weighted by Gasteiger charge is 2.09. The predicted molar refractivity (Wildman–Crippen MR) is 66.0 cm³/mol. The standard InChI is InChI=1S/C13H11ClFN/c1-8-10(3-2-4-13(8)16)11-6-5-9(14)7-12(11)15/h2-7H,16H2,1H3. The van der Waals surface area contributed by atoms with E-state index in [4.69, 9.17) is 17.3 Å². The second kappa shape index (κ2) is 4.14. The van der Waals surface area contributed by atoms with Crippen LogP contribution in [0.15, 0.2) is 36.4 Å². The molecule has 0 aliphatic heterocycles. The van der Waals surface area contributed by atoms with Crippen LogP contribution in [-0.2, 0) is 0 Å². The topological polar surface area (TPSA) is 26.0 Å². The van der Waals surface area contributed by atoms with E-state index in [1.165, 1.54) is 6.07 Å². The molecule has 0 atom stereocenters. The summed E-state index contributed by atoms with van der Waals surface area (Å²) in [7, 11) is 0. The Hall–Kier alpha value is -1.54.